The minimum atomic E-state index is -0.314. The lowest BCUT2D eigenvalue weighted by Crippen LogP contribution is -2.26. The lowest BCUT2D eigenvalue weighted by molar-refractivity contribution is 0.419. The van der Waals surface area contributed by atoms with E-state index in [4.69, 9.17) is 16.0 Å². The summed E-state index contributed by atoms with van der Waals surface area (Å²) in [6, 6.07) is 2.02. The number of thioether (sulfide) groups is 1. The molecule has 1 saturated carbocycles. The Labute approximate surface area is 186 Å². The standard InChI is InChI=1S/C23H26N6OS/c24-12-4-10-19-16-28(22(26-19)17-7-2-1-3-8-17)13-5-9-18-15-29(20-11-6-14-31-20)23(30)27-21(18)25/h4,10,15-17,20H,1-3,6-8,11,13-14H2,(H2,25,27,30)/b10-4+/t20-/m0/s1. The second-order valence-corrected chi connectivity index (χ2v) is 9.23. The smallest absolute Gasteiger partial charge is 0.350 e. The number of nitrogen functional groups attached to an aromatic ring is 1. The van der Waals surface area contributed by atoms with Gasteiger partial charge in [-0.3, -0.25) is 4.57 Å². The van der Waals surface area contributed by atoms with E-state index in [0.717, 1.165) is 43.0 Å². The molecule has 7 nitrogen and oxygen atoms in total. The highest BCUT2D eigenvalue weighted by atomic mass is 32.2. The van der Waals surface area contributed by atoms with Crippen molar-refractivity contribution in [3.8, 4) is 17.9 Å². The van der Waals surface area contributed by atoms with E-state index in [1.165, 1.54) is 25.3 Å². The van der Waals surface area contributed by atoms with Gasteiger partial charge in [0.2, 0.25) is 0 Å². The van der Waals surface area contributed by atoms with E-state index in [9.17, 15) is 4.79 Å². The van der Waals surface area contributed by atoms with Crippen LogP contribution in [0.25, 0.3) is 6.08 Å². The number of hydrogen-bond donors (Lipinski definition) is 1. The van der Waals surface area contributed by atoms with Crippen LogP contribution >= 0.6 is 11.8 Å². The zero-order chi connectivity index (χ0) is 21.6. The quantitative estimate of drug-likeness (QED) is 0.582. The number of hydrogen-bond acceptors (Lipinski definition) is 6. The molecule has 8 heteroatoms. The van der Waals surface area contributed by atoms with Crippen LogP contribution in [-0.4, -0.2) is 24.9 Å². The minimum Gasteiger partial charge on any atom is -0.382 e. The average Bonchev–Trinajstić information content (AvgIpc) is 3.45. The second-order valence-electron chi connectivity index (χ2n) is 7.95. The number of imidazole rings is 1. The third-order valence-corrected chi connectivity index (χ3v) is 7.17. The van der Waals surface area contributed by atoms with E-state index >= 15 is 0 Å². The molecule has 0 bridgehead atoms. The van der Waals surface area contributed by atoms with Gasteiger partial charge in [0, 0.05) is 24.4 Å². The first-order valence-electron chi connectivity index (χ1n) is 10.8. The van der Waals surface area contributed by atoms with Gasteiger partial charge in [-0.2, -0.15) is 10.2 Å². The van der Waals surface area contributed by atoms with Gasteiger partial charge in [0.05, 0.1) is 29.2 Å². The second kappa shape index (κ2) is 9.89. The van der Waals surface area contributed by atoms with Crippen LogP contribution < -0.4 is 11.4 Å². The van der Waals surface area contributed by atoms with Gasteiger partial charge in [-0.1, -0.05) is 31.1 Å². The largest absolute Gasteiger partial charge is 0.382 e. The van der Waals surface area contributed by atoms with E-state index < -0.39 is 0 Å². The first kappa shape index (κ1) is 21.3. The van der Waals surface area contributed by atoms with E-state index in [0.29, 0.717) is 18.0 Å². The Bertz CT molecular complexity index is 1120. The van der Waals surface area contributed by atoms with Crippen LogP contribution in [0.15, 0.2) is 23.3 Å². The molecule has 1 saturated heterocycles. The highest BCUT2D eigenvalue weighted by Crippen LogP contribution is 2.34. The van der Waals surface area contributed by atoms with Gasteiger partial charge in [-0.05, 0) is 37.5 Å². The number of allylic oxidation sites excluding steroid dienone is 1. The predicted octanol–water partition coefficient (Wildman–Crippen LogP) is 3.68. The molecule has 1 aliphatic heterocycles. The zero-order valence-corrected chi connectivity index (χ0v) is 18.3. The third kappa shape index (κ3) is 5.03. The van der Waals surface area contributed by atoms with Crippen molar-refractivity contribution in [3.63, 3.8) is 0 Å². The van der Waals surface area contributed by atoms with E-state index in [-0.39, 0.29) is 16.9 Å². The highest BCUT2D eigenvalue weighted by molar-refractivity contribution is 7.99. The molecule has 4 rings (SSSR count). The molecule has 0 radical (unpaired) electrons. The van der Waals surface area contributed by atoms with Crippen molar-refractivity contribution in [3.05, 3.63) is 46.0 Å². The Kier molecular flexibility index (Phi) is 6.79. The molecule has 160 valence electrons. The number of anilines is 1. The normalized spacial score (nSPS) is 19.3. The molecule has 0 amide bonds. The van der Waals surface area contributed by atoms with Gasteiger partial charge in [0.25, 0.3) is 0 Å². The summed E-state index contributed by atoms with van der Waals surface area (Å²) in [5, 5.41) is 8.94. The van der Waals surface area contributed by atoms with Crippen LogP contribution in [-0.2, 0) is 6.54 Å². The summed E-state index contributed by atoms with van der Waals surface area (Å²) >= 11 is 1.76. The monoisotopic (exact) mass is 434 g/mol. The van der Waals surface area contributed by atoms with Crippen LogP contribution in [0.4, 0.5) is 5.82 Å². The third-order valence-electron chi connectivity index (χ3n) is 5.79. The Morgan fingerprint density at radius 2 is 2.03 bits per heavy atom. The fourth-order valence-corrected chi connectivity index (χ4v) is 5.50. The molecule has 1 aliphatic carbocycles. The summed E-state index contributed by atoms with van der Waals surface area (Å²) in [5.41, 5.74) is 7.02. The van der Waals surface area contributed by atoms with Crippen molar-refractivity contribution in [1.82, 2.24) is 19.1 Å². The molecule has 0 aromatic carbocycles. The van der Waals surface area contributed by atoms with Crippen molar-refractivity contribution in [2.75, 3.05) is 11.5 Å². The molecule has 2 aliphatic rings. The fraction of sp³-hybridized carbons (Fsp3) is 0.478. The van der Waals surface area contributed by atoms with Gasteiger partial charge in [-0.15, -0.1) is 11.8 Å². The average molecular weight is 435 g/mol. The Balaban J connectivity index is 1.59. The first-order valence-corrected chi connectivity index (χ1v) is 11.8. The number of nitrogens with two attached hydrogens (primary N) is 1. The van der Waals surface area contributed by atoms with Crippen LogP contribution in [0.5, 0.6) is 0 Å². The van der Waals surface area contributed by atoms with Gasteiger partial charge >= 0.3 is 5.69 Å². The van der Waals surface area contributed by atoms with Crippen molar-refractivity contribution >= 4 is 23.7 Å². The maximum Gasteiger partial charge on any atom is 0.350 e. The maximum absolute atomic E-state index is 12.3. The summed E-state index contributed by atoms with van der Waals surface area (Å²) in [6.45, 7) is 0.468. The predicted molar refractivity (Wildman–Crippen MR) is 123 cm³/mol. The molecule has 31 heavy (non-hydrogen) atoms. The Morgan fingerprint density at radius 1 is 1.19 bits per heavy atom. The summed E-state index contributed by atoms with van der Waals surface area (Å²) < 4.78 is 3.74. The highest BCUT2D eigenvalue weighted by Gasteiger charge is 2.21. The van der Waals surface area contributed by atoms with Crippen LogP contribution in [0.3, 0.4) is 0 Å². The summed E-state index contributed by atoms with van der Waals surface area (Å²) in [4.78, 5) is 21.0. The van der Waals surface area contributed by atoms with E-state index in [1.54, 1.807) is 28.6 Å². The van der Waals surface area contributed by atoms with Crippen molar-refractivity contribution in [1.29, 1.82) is 5.26 Å². The van der Waals surface area contributed by atoms with Gasteiger partial charge < -0.3 is 10.3 Å². The van der Waals surface area contributed by atoms with E-state index in [1.807, 2.05) is 12.3 Å². The van der Waals surface area contributed by atoms with Crippen LogP contribution in [0, 0.1) is 23.2 Å². The van der Waals surface area contributed by atoms with E-state index in [2.05, 4.69) is 21.4 Å². The maximum atomic E-state index is 12.3. The molecule has 0 spiro atoms. The number of rotatable bonds is 4. The lowest BCUT2D eigenvalue weighted by Gasteiger charge is -2.21. The van der Waals surface area contributed by atoms with Gasteiger partial charge in [-0.25, -0.2) is 9.78 Å². The molecular weight excluding hydrogens is 408 g/mol. The van der Waals surface area contributed by atoms with Crippen molar-refractivity contribution in [2.45, 2.75) is 62.8 Å². The SMILES string of the molecule is N#C/C=C/c1cn(CC#Cc2cn([C@@H]3CCCS3)c(=O)nc2N)c(C2CCCCC2)n1. The van der Waals surface area contributed by atoms with Gasteiger partial charge in [0.15, 0.2) is 0 Å². The van der Waals surface area contributed by atoms with Crippen LogP contribution in [0.1, 0.15) is 73.3 Å². The van der Waals surface area contributed by atoms with Crippen molar-refractivity contribution in [2.24, 2.45) is 0 Å². The fourth-order valence-electron chi connectivity index (χ4n) is 4.25. The van der Waals surface area contributed by atoms with Gasteiger partial charge in [0.1, 0.15) is 11.6 Å². The molecule has 3 heterocycles. The lowest BCUT2D eigenvalue weighted by atomic mass is 9.88. The molecule has 0 unspecified atom stereocenters. The topological polar surface area (TPSA) is 103 Å². The molecule has 2 fully saturated rings. The number of nitriles is 1. The molecule has 2 aromatic rings. The Morgan fingerprint density at radius 3 is 2.77 bits per heavy atom. The number of nitrogens with zero attached hydrogens (tertiary/aromatic N) is 5. The zero-order valence-electron chi connectivity index (χ0n) is 17.5. The number of aromatic nitrogens is 4. The summed E-state index contributed by atoms with van der Waals surface area (Å²) in [5.74, 6) is 8.98. The van der Waals surface area contributed by atoms with Crippen LogP contribution in [0.2, 0.25) is 0 Å². The van der Waals surface area contributed by atoms with Crippen molar-refractivity contribution < 1.29 is 0 Å². The molecular formula is C23H26N6OS. The molecule has 2 N–H and O–H groups in total. The summed E-state index contributed by atoms with van der Waals surface area (Å²) in [7, 11) is 0. The first-order chi connectivity index (χ1) is 15.2. The minimum absolute atomic E-state index is 0.113. The molecule has 2 aromatic heterocycles. The molecule has 1 atom stereocenters. The Hall–Kier alpha value is -2.97. The summed E-state index contributed by atoms with van der Waals surface area (Å²) in [6.07, 6.45) is 14.9.